The Morgan fingerprint density at radius 3 is 2.54 bits per heavy atom. The summed E-state index contributed by atoms with van der Waals surface area (Å²) in [5.74, 6) is -0.512. The molecule has 0 saturated heterocycles. The normalized spacial score (nSPS) is 14.5. The Morgan fingerprint density at radius 1 is 1.12 bits per heavy atom. The monoisotopic (exact) mass is 380 g/mol. The van der Waals surface area contributed by atoms with Gasteiger partial charge >= 0.3 is 0 Å². The van der Waals surface area contributed by atoms with Crippen molar-refractivity contribution in [3.05, 3.63) is 48.3 Å². The Morgan fingerprint density at radius 2 is 1.81 bits per heavy atom. The van der Waals surface area contributed by atoms with E-state index in [1.807, 2.05) is 0 Å². The molecule has 138 valence electrons. The first-order valence-electron chi connectivity index (χ1n) is 7.84. The molecule has 1 amide bonds. The number of carbonyl (C=O) groups excluding carboxylic acids is 1. The van der Waals surface area contributed by atoms with E-state index in [2.05, 4.69) is 10.0 Å². The molecule has 0 fully saturated rings. The lowest BCUT2D eigenvalue weighted by Gasteiger charge is -2.19. The molecule has 0 aliphatic carbocycles. The summed E-state index contributed by atoms with van der Waals surface area (Å²) in [6.07, 6.45) is 0. The molecule has 1 aliphatic rings. The zero-order chi connectivity index (χ0) is 18.7. The largest absolute Gasteiger partial charge is 0.486 e. The summed E-state index contributed by atoms with van der Waals surface area (Å²) in [5, 5.41) is 2.35. The third-order valence-electron chi connectivity index (χ3n) is 3.68. The second kappa shape index (κ2) is 7.30. The van der Waals surface area contributed by atoms with Gasteiger partial charge in [-0.3, -0.25) is 4.79 Å². The molecule has 0 radical (unpaired) electrons. The highest BCUT2D eigenvalue weighted by Gasteiger charge is 2.24. The van der Waals surface area contributed by atoms with Crippen LogP contribution < -0.4 is 19.5 Å². The van der Waals surface area contributed by atoms with Crippen LogP contribution in [0.5, 0.6) is 11.5 Å². The Balaban J connectivity index is 1.72. The molecule has 1 aliphatic heterocycles. The van der Waals surface area contributed by atoms with Crippen molar-refractivity contribution in [2.24, 2.45) is 0 Å². The van der Waals surface area contributed by atoms with Crippen molar-refractivity contribution in [3.63, 3.8) is 0 Å². The summed E-state index contributed by atoms with van der Waals surface area (Å²) in [4.78, 5) is 12.1. The third-order valence-corrected chi connectivity index (χ3v) is 5.22. The van der Waals surface area contributed by atoms with Crippen molar-refractivity contribution in [2.75, 3.05) is 18.5 Å². The van der Waals surface area contributed by atoms with Crippen LogP contribution in [0.25, 0.3) is 0 Å². The smallest absolute Gasteiger partial charge is 0.242 e. The average molecular weight is 380 g/mol. The number of para-hydroxylation sites is 1. The molecule has 1 atom stereocenters. The minimum atomic E-state index is -3.98. The predicted molar refractivity (Wildman–Crippen MR) is 92.2 cm³/mol. The topological polar surface area (TPSA) is 93.7 Å². The van der Waals surface area contributed by atoms with E-state index in [-0.39, 0.29) is 10.6 Å². The van der Waals surface area contributed by atoms with Crippen LogP contribution in [-0.2, 0) is 14.8 Å². The van der Waals surface area contributed by atoms with Gasteiger partial charge in [-0.2, -0.15) is 4.72 Å². The van der Waals surface area contributed by atoms with Gasteiger partial charge in [0.15, 0.2) is 11.5 Å². The number of hydrogen-bond acceptors (Lipinski definition) is 5. The molecule has 3 rings (SSSR count). The molecule has 1 unspecified atom stereocenters. The van der Waals surface area contributed by atoms with Gasteiger partial charge in [0.1, 0.15) is 19.0 Å². The van der Waals surface area contributed by atoms with Gasteiger partial charge in [0, 0.05) is 6.07 Å². The molecule has 2 aromatic rings. The number of ether oxygens (including phenoxy) is 2. The van der Waals surface area contributed by atoms with E-state index in [1.165, 1.54) is 43.3 Å². The van der Waals surface area contributed by atoms with E-state index in [0.29, 0.717) is 24.7 Å². The van der Waals surface area contributed by atoms with Gasteiger partial charge in [-0.25, -0.2) is 12.8 Å². The van der Waals surface area contributed by atoms with Gasteiger partial charge in [0.05, 0.1) is 16.6 Å². The molecular formula is C17H17FN2O5S. The second-order valence-corrected chi connectivity index (χ2v) is 7.33. The van der Waals surface area contributed by atoms with E-state index in [0.717, 1.165) is 0 Å². The molecule has 0 bridgehead atoms. The summed E-state index contributed by atoms with van der Waals surface area (Å²) in [6.45, 7) is 2.09. The standard InChI is InChI=1S/C17H17FN2O5S/c1-11(17(21)19-14-5-3-2-4-13(14)18)20-26(22,23)12-6-7-15-16(10-12)25-9-8-24-15/h2-7,10-11,20H,8-9H2,1H3,(H,19,21). The van der Waals surface area contributed by atoms with E-state index in [4.69, 9.17) is 9.47 Å². The number of sulfonamides is 1. The second-order valence-electron chi connectivity index (χ2n) is 5.62. The van der Waals surface area contributed by atoms with Gasteiger partial charge in [0.2, 0.25) is 15.9 Å². The number of halogens is 1. The summed E-state index contributed by atoms with van der Waals surface area (Å²) in [5.41, 5.74) is -0.0251. The van der Waals surface area contributed by atoms with Gasteiger partial charge in [-0.15, -0.1) is 0 Å². The lowest BCUT2D eigenvalue weighted by molar-refractivity contribution is -0.117. The average Bonchev–Trinajstić information content (AvgIpc) is 2.62. The first kappa shape index (κ1) is 18.2. The fourth-order valence-corrected chi connectivity index (χ4v) is 3.57. The lowest BCUT2D eigenvalue weighted by atomic mass is 10.2. The maximum atomic E-state index is 13.6. The van der Waals surface area contributed by atoms with Crippen LogP contribution in [0.2, 0.25) is 0 Å². The number of nitrogens with one attached hydrogen (secondary N) is 2. The molecular weight excluding hydrogens is 363 g/mol. The number of benzene rings is 2. The number of fused-ring (bicyclic) bond motifs is 1. The van der Waals surface area contributed by atoms with Crippen LogP contribution in [0, 0.1) is 5.82 Å². The summed E-state index contributed by atoms with van der Waals surface area (Å²) in [6, 6.07) is 8.69. The van der Waals surface area contributed by atoms with Crippen molar-refractivity contribution in [1.82, 2.24) is 4.72 Å². The fourth-order valence-electron chi connectivity index (χ4n) is 2.35. The Kier molecular flexibility index (Phi) is 5.10. The summed E-state index contributed by atoms with van der Waals surface area (Å²) >= 11 is 0. The maximum absolute atomic E-state index is 13.6. The molecule has 0 spiro atoms. The number of carbonyl (C=O) groups is 1. The first-order valence-corrected chi connectivity index (χ1v) is 9.32. The minimum Gasteiger partial charge on any atom is -0.486 e. The quantitative estimate of drug-likeness (QED) is 0.826. The molecule has 7 nitrogen and oxygen atoms in total. The van der Waals surface area contributed by atoms with Gasteiger partial charge < -0.3 is 14.8 Å². The number of rotatable bonds is 5. The Hall–Kier alpha value is -2.65. The zero-order valence-electron chi connectivity index (χ0n) is 13.9. The van der Waals surface area contributed by atoms with Gasteiger partial charge in [0.25, 0.3) is 0 Å². The Bertz CT molecular complexity index is 933. The lowest BCUT2D eigenvalue weighted by Crippen LogP contribution is -2.41. The highest BCUT2D eigenvalue weighted by Crippen LogP contribution is 2.32. The highest BCUT2D eigenvalue weighted by atomic mass is 32.2. The van der Waals surface area contributed by atoms with Gasteiger partial charge in [-0.1, -0.05) is 12.1 Å². The molecule has 2 aromatic carbocycles. The van der Waals surface area contributed by atoms with E-state index >= 15 is 0 Å². The maximum Gasteiger partial charge on any atom is 0.242 e. The number of hydrogen-bond donors (Lipinski definition) is 2. The third kappa shape index (κ3) is 3.94. The predicted octanol–water partition coefficient (Wildman–Crippen LogP) is 1.90. The molecule has 0 aromatic heterocycles. The summed E-state index contributed by atoms with van der Waals surface area (Å²) in [7, 11) is -3.98. The van der Waals surface area contributed by atoms with Crippen LogP contribution in [0.15, 0.2) is 47.4 Å². The first-order chi connectivity index (χ1) is 12.4. The van der Waals surface area contributed by atoms with E-state index in [1.54, 1.807) is 6.07 Å². The minimum absolute atomic E-state index is 0.0251. The van der Waals surface area contributed by atoms with Crippen LogP contribution >= 0.6 is 0 Å². The van der Waals surface area contributed by atoms with Crippen LogP contribution in [0.1, 0.15) is 6.92 Å². The SMILES string of the molecule is CC(NS(=O)(=O)c1ccc2c(c1)OCCO2)C(=O)Nc1ccccc1F. The molecule has 26 heavy (non-hydrogen) atoms. The van der Waals surface area contributed by atoms with Crippen molar-refractivity contribution >= 4 is 21.6 Å². The number of amides is 1. The Labute approximate surface area is 150 Å². The van der Waals surface area contributed by atoms with Crippen LogP contribution in [-0.4, -0.2) is 33.6 Å². The van der Waals surface area contributed by atoms with Crippen molar-refractivity contribution in [3.8, 4) is 11.5 Å². The summed E-state index contributed by atoms with van der Waals surface area (Å²) < 4.78 is 51.6. The van der Waals surface area contributed by atoms with E-state index in [9.17, 15) is 17.6 Å². The van der Waals surface area contributed by atoms with Crippen LogP contribution in [0.4, 0.5) is 10.1 Å². The number of anilines is 1. The van der Waals surface area contributed by atoms with Crippen molar-refractivity contribution < 1.29 is 27.1 Å². The van der Waals surface area contributed by atoms with Crippen LogP contribution in [0.3, 0.4) is 0 Å². The molecule has 2 N–H and O–H groups in total. The molecule has 0 saturated carbocycles. The highest BCUT2D eigenvalue weighted by molar-refractivity contribution is 7.89. The zero-order valence-corrected chi connectivity index (χ0v) is 14.7. The molecule has 1 heterocycles. The van der Waals surface area contributed by atoms with Gasteiger partial charge in [-0.05, 0) is 31.2 Å². The van der Waals surface area contributed by atoms with Crippen molar-refractivity contribution in [1.29, 1.82) is 0 Å². The van der Waals surface area contributed by atoms with Crippen molar-refractivity contribution in [2.45, 2.75) is 17.9 Å². The fraction of sp³-hybridized carbons (Fsp3) is 0.235. The molecule has 9 heteroatoms. The van der Waals surface area contributed by atoms with E-state index < -0.39 is 27.8 Å².